The zero-order valence-electron chi connectivity index (χ0n) is 11.0. The number of carbonyl (C=O) groups excluding carboxylic acids is 1. The molecule has 2 atom stereocenters. The van der Waals surface area contributed by atoms with E-state index < -0.39 is 11.4 Å². The van der Waals surface area contributed by atoms with Crippen LogP contribution in [0.15, 0.2) is 0 Å². The van der Waals surface area contributed by atoms with E-state index in [4.69, 9.17) is 5.11 Å². The molecule has 1 saturated carbocycles. The Hall–Kier alpha value is -1.06. The van der Waals surface area contributed by atoms with E-state index in [0.717, 1.165) is 12.8 Å². The van der Waals surface area contributed by atoms with Crippen molar-refractivity contribution in [2.24, 2.45) is 11.3 Å². The molecule has 0 aromatic carbocycles. The molecule has 1 amide bonds. The summed E-state index contributed by atoms with van der Waals surface area (Å²) in [6.07, 6.45) is 3.32. The van der Waals surface area contributed by atoms with Crippen molar-refractivity contribution in [2.45, 2.75) is 58.9 Å². The third kappa shape index (κ3) is 3.20. The van der Waals surface area contributed by atoms with Gasteiger partial charge in [0.15, 0.2) is 0 Å². The molecule has 0 heterocycles. The highest BCUT2D eigenvalue weighted by molar-refractivity contribution is 5.85. The third-order valence-electron chi connectivity index (χ3n) is 4.15. The second-order valence-electron chi connectivity index (χ2n) is 5.36. The smallest absolute Gasteiger partial charge is 0.310 e. The summed E-state index contributed by atoms with van der Waals surface area (Å²) in [6, 6.07) is 0.110. The number of carboxylic acids is 1. The van der Waals surface area contributed by atoms with Crippen LogP contribution >= 0.6 is 0 Å². The lowest BCUT2D eigenvalue weighted by atomic mass is 9.66. The zero-order valence-corrected chi connectivity index (χ0v) is 11.0. The van der Waals surface area contributed by atoms with Crippen LogP contribution < -0.4 is 5.32 Å². The molecule has 0 spiro atoms. The number of carbonyl (C=O) groups is 2. The topological polar surface area (TPSA) is 66.4 Å². The highest BCUT2D eigenvalue weighted by atomic mass is 16.4. The molecule has 1 aliphatic carbocycles. The van der Waals surface area contributed by atoms with Crippen LogP contribution in [0.4, 0.5) is 0 Å². The number of carboxylic acid groups (broad SMARTS) is 1. The Kier molecular flexibility index (Phi) is 4.54. The van der Waals surface area contributed by atoms with Crippen molar-refractivity contribution in [3.05, 3.63) is 0 Å². The Labute approximate surface area is 103 Å². The third-order valence-corrected chi connectivity index (χ3v) is 4.15. The van der Waals surface area contributed by atoms with Crippen molar-refractivity contribution in [3.8, 4) is 0 Å². The summed E-state index contributed by atoms with van der Waals surface area (Å²) in [7, 11) is 0. The number of hydrogen-bond donors (Lipinski definition) is 2. The van der Waals surface area contributed by atoms with Gasteiger partial charge < -0.3 is 10.4 Å². The molecular formula is C13H23NO3. The minimum atomic E-state index is -0.824. The lowest BCUT2D eigenvalue weighted by Gasteiger charge is -2.37. The molecule has 1 aliphatic rings. The number of hydrogen-bond acceptors (Lipinski definition) is 2. The second-order valence-corrected chi connectivity index (χ2v) is 5.36. The fraction of sp³-hybridized carbons (Fsp3) is 0.846. The van der Waals surface area contributed by atoms with Gasteiger partial charge in [-0.2, -0.15) is 0 Å². The van der Waals surface area contributed by atoms with Crippen LogP contribution in [0.1, 0.15) is 52.9 Å². The summed E-state index contributed by atoms with van der Waals surface area (Å²) in [6.45, 7) is 6.14. The first-order valence-corrected chi connectivity index (χ1v) is 6.44. The van der Waals surface area contributed by atoms with Crippen molar-refractivity contribution >= 4 is 11.9 Å². The predicted molar refractivity (Wildman–Crippen MR) is 65.6 cm³/mol. The average Bonchev–Trinajstić information content (AvgIpc) is 2.21. The molecule has 0 aliphatic heterocycles. The van der Waals surface area contributed by atoms with Gasteiger partial charge in [0.1, 0.15) is 0 Å². The van der Waals surface area contributed by atoms with Crippen molar-refractivity contribution in [2.75, 3.05) is 0 Å². The standard InChI is InChI=1S/C13H23NO3/c1-4-9(2)10(3)14-11(15)8-13(12(16)17)6-5-7-13/h9-10H,4-8H2,1-3H3,(H,14,15)(H,16,17). The van der Waals surface area contributed by atoms with Gasteiger partial charge in [-0.15, -0.1) is 0 Å². The molecule has 1 fully saturated rings. The molecule has 17 heavy (non-hydrogen) atoms. The van der Waals surface area contributed by atoms with Gasteiger partial charge in [-0.25, -0.2) is 0 Å². The largest absolute Gasteiger partial charge is 0.481 e. The van der Waals surface area contributed by atoms with Gasteiger partial charge in [-0.3, -0.25) is 9.59 Å². The fourth-order valence-corrected chi connectivity index (χ4v) is 2.18. The van der Waals surface area contributed by atoms with Crippen LogP contribution in [0.2, 0.25) is 0 Å². The summed E-state index contributed by atoms with van der Waals surface area (Å²) in [5.74, 6) is -0.531. The van der Waals surface area contributed by atoms with Crippen molar-refractivity contribution in [1.82, 2.24) is 5.32 Å². The van der Waals surface area contributed by atoms with Crippen LogP contribution in [-0.4, -0.2) is 23.0 Å². The Morgan fingerprint density at radius 1 is 1.35 bits per heavy atom. The Balaban J connectivity index is 2.46. The van der Waals surface area contributed by atoms with E-state index >= 15 is 0 Å². The molecule has 0 aromatic rings. The van der Waals surface area contributed by atoms with Gasteiger partial charge in [0.2, 0.25) is 5.91 Å². The summed E-state index contributed by atoms with van der Waals surface area (Å²) < 4.78 is 0. The van der Waals surface area contributed by atoms with Crippen molar-refractivity contribution in [1.29, 1.82) is 0 Å². The summed E-state index contributed by atoms with van der Waals surface area (Å²) in [5, 5.41) is 12.0. The second kappa shape index (κ2) is 5.52. The van der Waals surface area contributed by atoms with E-state index in [1.807, 2.05) is 6.92 Å². The molecule has 2 unspecified atom stereocenters. The molecule has 0 radical (unpaired) electrons. The van der Waals surface area contributed by atoms with Gasteiger partial charge in [-0.05, 0) is 25.7 Å². The van der Waals surface area contributed by atoms with Gasteiger partial charge >= 0.3 is 5.97 Å². The molecule has 0 aromatic heterocycles. The van der Waals surface area contributed by atoms with Gasteiger partial charge in [0.25, 0.3) is 0 Å². The molecule has 2 N–H and O–H groups in total. The SMILES string of the molecule is CCC(C)C(C)NC(=O)CC1(C(=O)O)CCC1. The van der Waals surface area contributed by atoms with E-state index in [1.54, 1.807) is 0 Å². The fourth-order valence-electron chi connectivity index (χ4n) is 2.18. The Morgan fingerprint density at radius 3 is 2.29 bits per heavy atom. The first kappa shape index (κ1) is 14.0. The maximum Gasteiger partial charge on any atom is 0.310 e. The van der Waals surface area contributed by atoms with Crippen molar-refractivity contribution in [3.63, 3.8) is 0 Å². The number of aliphatic carboxylic acids is 1. The quantitative estimate of drug-likeness (QED) is 0.749. The highest BCUT2D eigenvalue weighted by Crippen LogP contribution is 2.44. The lowest BCUT2D eigenvalue weighted by molar-refractivity contribution is -0.157. The first-order valence-electron chi connectivity index (χ1n) is 6.44. The molecular weight excluding hydrogens is 218 g/mol. The predicted octanol–water partition coefficient (Wildman–Crippen LogP) is 2.18. The Bertz CT molecular complexity index is 297. The summed E-state index contributed by atoms with van der Waals surface area (Å²) >= 11 is 0. The van der Waals surface area contributed by atoms with E-state index in [-0.39, 0.29) is 18.4 Å². The molecule has 0 saturated heterocycles. The van der Waals surface area contributed by atoms with E-state index in [2.05, 4.69) is 19.2 Å². The normalized spacial score (nSPS) is 21.1. The molecule has 0 bridgehead atoms. The first-order chi connectivity index (χ1) is 7.91. The summed E-state index contributed by atoms with van der Waals surface area (Å²) in [5.41, 5.74) is -0.779. The van der Waals surface area contributed by atoms with Crippen LogP contribution in [0, 0.1) is 11.3 Å². The zero-order chi connectivity index (χ0) is 13.1. The van der Waals surface area contributed by atoms with Gasteiger partial charge in [-0.1, -0.05) is 26.7 Å². The van der Waals surface area contributed by atoms with Crippen LogP contribution in [0.25, 0.3) is 0 Å². The lowest BCUT2D eigenvalue weighted by Crippen LogP contribution is -2.45. The number of rotatable bonds is 6. The minimum Gasteiger partial charge on any atom is -0.481 e. The monoisotopic (exact) mass is 241 g/mol. The van der Waals surface area contributed by atoms with Crippen molar-refractivity contribution < 1.29 is 14.7 Å². The highest BCUT2D eigenvalue weighted by Gasteiger charge is 2.45. The van der Waals surface area contributed by atoms with Crippen LogP contribution in [-0.2, 0) is 9.59 Å². The van der Waals surface area contributed by atoms with E-state index in [0.29, 0.717) is 18.8 Å². The van der Waals surface area contributed by atoms with Crippen LogP contribution in [0.5, 0.6) is 0 Å². The minimum absolute atomic E-state index is 0.110. The average molecular weight is 241 g/mol. The van der Waals surface area contributed by atoms with E-state index in [1.165, 1.54) is 0 Å². The van der Waals surface area contributed by atoms with Gasteiger partial charge in [0, 0.05) is 12.5 Å². The molecule has 4 nitrogen and oxygen atoms in total. The van der Waals surface area contributed by atoms with Crippen LogP contribution in [0.3, 0.4) is 0 Å². The molecule has 4 heteroatoms. The number of nitrogens with one attached hydrogen (secondary N) is 1. The maximum atomic E-state index is 11.8. The maximum absolute atomic E-state index is 11.8. The number of amides is 1. The Morgan fingerprint density at radius 2 is 1.94 bits per heavy atom. The summed E-state index contributed by atoms with van der Waals surface area (Å²) in [4.78, 5) is 22.9. The van der Waals surface area contributed by atoms with Gasteiger partial charge in [0.05, 0.1) is 5.41 Å². The van der Waals surface area contributed by atoms with E-state index in [9.17, 15) is 9.59 Å². The molecule has 98 valence electrons. The molecule has 1 rings (SSSR count).